The van der Waals surface area contributed by atoms with Gasteiger partial charge in [-0.3, -0.25) is 4.90 Å². The highest BCUT2D eigenvalue weighted by Gasteiger charge is 2.27. The van der Waals surface area contributed by atoms with Gasteiger partial charge in [0.15, 0.2) is 0 Å². The van der Waals surface area contributed by atoms with Crippen LogP contribution >= 0.6 is 23.2 Å². The predicted molar refractivity (Wildman–Crippen MR) is 87.3 cm³/mol. The SMILES string of the molecule is O=C1Oc2cc(CN(CCCl)CCCl)c(O)c3cccc1c23. The third-order valence-corrected chi connectivity index (χ3v) is 4.13. The molecule has 0 aliphatic carbocycles. The molecule has 0 bridgehead atoms. The molecule has 116 valence electrons. The quantitative estimate of drug-likeness (QED) is 0.498. The molecule has 2 aromatic rings. The van der Waals surface area contributed by atoms with Crippen molar-refractivity contribution in [2.75, 3.05) is 24.8 Å². The van der Waals surface area contributed by atoms with Crippen LogP contribution in [0.5, 0.6) is 11.5 Å². The minimum atomic E-state index is -0.379. The zero-order chi connectivity index (χ0) is 15.7. The zero-order valence-electron chi connectivity index (χ0n) is 11.8. The molecule has 4 nitrogen and oxygen atoms in total. The molecule has 0 saturated heterocycles. The topological polar surface area (TPSA) is 49.8 Å². The summed E-state index contributed by atoms with van der Waals surface area (Å²) in [6.45, 7) is 1.83. The van der Waals surface area contributed by atoms with Crippen molar-refractivity contribution in [3.63, 3.8) is 0 Å². The summed E-state index contributed by atoms with van der Waals surface area (Å²) in [6.07, 6.45) is 0. The van der Waals surface area contributed by atoms with E-state index in [0.717, 1.165) is 0 Å². The van der Waals surface area contributed by atoms with Gasteiger partial charge in [-0.1, -0.05) is 12.1 Å². The molecule has 0 unspecified atom stereocenters. The number of esters is 1. The molecule has 0 fully saturated rings. The molecule has 3 rings (SSSR count). The van der Waals surface area contributed by atoms with E-state index in [1.165, 1.54) is 0 Å². The average Bonchev–Trinajstić information content (AvgIpc) is 2.82. The van der Waals surface area contributed by atoms with E-state index in [0.29, 0.717) is 59.0 Å². The van der Waals surface area contributed by atoms with Crippen LogP contribution in [0.15, 0.2) is 24.3 Å². The Bertz CT molecular complexity index is 727. The van der Waals surface area contributed by atoms with E-state index in [1.54, 1.807) is 24.3 Å². The van der Waals surface area contributed by atoms with Crippen molar-refractivity contribution < 1.29 is 14.6 Å². The molecule has 0 radical (unpaired) electrons. The summed E-state index contributed by atoms with van der Waals surface area (Å²) < 4.78 is 5.30. The fraction of sp³-hybridized carbons (Fsp3) is 0.312. The Balaban J connectivity index is 2.03. The highest BCUT2D eigenvalue weighted by atomic mass is 35.5. The Kier molecular flexibility index (Phi) is 4.43. The molecular formula is C16H15Cl2NO3. The number of hydrogen-bond donors (Lipinski definition) is 1. The number of rotatable bonds is 6. The van der Waals surface area contributed by atoms with E-state index in [4.69, 9.17) is 27.9 Å². The molecule has 0 aromatic heterocycles. The first kappa shape index (κ1) is 15.4. The van der Waals surface area contributed by atoms with Crippen LogP contribution in [-0.2, 0) is 6.54 Å². The lowest BCUT2D eigenvalue weighted by molar-refractivity contribution is 0.0754. The molecule has 1 N–H and O–H groups in total. The molecule has 1 aliphatic rings. The fourth-order valence-corrected chi connectivity index (χ4v) is 3.24. The summed E-state index contributed by atoms with van der Waals surface area (Å²) in [5.74, 6) is 1.26. The third kappa shape index (κ3) is 2.62. The first-order valence-electron chi connectivity index (χ1n) is 6.99. The van der Waals surface area contributed by atoms with Crippen LogP contribution < -0.4 is 4.74 Å². The van der Waals surface area contributed by atoms with E-state index in [1.807, 2.05) is 4.90 Å². The van der Waals surface area contributed by atoms with Gasteiger partial charge in [0, 0.05) is 47.7 Å². The van der Waals surface area contributed by atoms with Gasteiger partial charge >= 0.3 is 5.97 Å². The second-order valence-corrected chi connectivity index (χ2v) is 5.91. The number of aromatic hydroxyl groups is 1. The van der Waals surface area contributed by atoms with Gasteiger partial charge in [-0.25, -0.2) is 4.79 Å². The Hall–Kier alpha value is -1.49. The summed E-state index contributed by atoms with van der Waals surface area (Å²) in [7, 11) is 0. The lowest BCUT2D eigenvalue weighted by Crippen LogP contribution is -2.27. The molecule has 22 heavy (non-hydrogen) atoms. The van der Waals surface area contributed by atoms with Crippen LogP contribution in [0.2, 0.25) is 0 Å². The monoisotopic (exact) mass is 339 g/mol. The standard InChI is InChI=1S/C16H15Cl2NO3/c17-4-6-19(7-5-18)9-10-8-13-14-11(15(10)20)2-1-3-12(14)16(21)22-13/h1-3,8,20H,4-7,9H2. The minimum absolute atomic E-state index is 0.174. The first-order valence-corrected chi connectivity index (χ1v) is 8.06. The third-order valence-electron chi connectivity index (χ3n) is 3.79. The molecule has 0 atom stereocenters. The van der Waals surface area contributed by atoms with E-state index in [-0.39, 0.29) is 11.7 Å². The molecule has 1 heterocycles. The molecule has 6 heteroatoms. The zero-order valence-corrected chi connectivity index (χ0v) is 13.3. The normalized spacial score (nSPS) is 13.1. The van der Waals surface area contributed by atoms with Crippen LogP contribution in [0.25, 0.3) is 10.8 Å². The summed E-state index contributed by atoms with van der Waals surface area (Å²) in [5.41, 5.74) is 1.19. The summed E-state index contributed by atoms with van der Waals surface area (Å²) in [6, 6.07) is 6.96. The van der Waals surface area contributed by atoms with Crippen LogP contribution in [0.3, 0.4) is 0 Å². The predicted octanol–water partition coefficient (Wildman–Crippen LogP) is 3.36. The molecule has 1 aliphatic heterocycles. The number of phenolic OH excluding ortho intramolecular Hbond substituents is 1. The van der Waals surface area contributed by atoms with Gasteiger partial charge < -0.3 is 9.84 Å². The molecule has 0 spiro atoms. The number of carbonyl (C=O) groups excluding carboxylic acids is 1. The second-order valence-electron chi connectivity index (χ2n) is 5.15. The maximum atomic E-state index is 11.8. The smallest absolute Gasteiger partial charge is 0.344 e. The van der Waals surface area contributed by atoms with Crippen LogP contribution in [0.1, 0.15) is 15.9 Å². The van der Waals surface area contributed by atoms with Crippen molar-refractivity contribution in [1.29, 1.82) is 0 Å². The maximum Gasteiger partial charge on any atom is 0.344 e. The highest BCUT2D eigenvalue weighted by Crippen LogP contribution is 2.42. The molecule has 0 amide bonds. The van der Waals surface area contributed by atoms with Crippen molar-refractivity contribution >= 4 is 39.9 Å². The number of carbonyl (C=O) groups is 1. The Morgan fingerprint density at radius 1 is 1.18 bits per heavy atom. The van der Waals surface area contributed by atoms with Gasteiger partial charge in [0.25, 0.3) is 0 Å². The van der Waals surface area contributed by atoms with Gasteiger partial charge in [0.2, 0.25) is 0 Å². The molecule has 0 saturated carbocycles. The van der Waals surface area contributed by atoms with Gasteiger partial charge in [-0.05, 0) is 12.1 Å². The van der Waals surface area contributed by atoms with E-state index < -0.39 is 0 Å². The van der Waals surface area contributed by atoms with Crippen LogP contribution in [0.4, 0.5) is 0 Å². The summed E-state index contributed by atoms with van der Waals surface area (Å²) >= 11 is 11.6. The van der Waals surface area contributed by atoms with Gasteiger partial charge in [-0.15, -0.1) is 23.2 Å². The summed E-state index contributed by atoms with van der Waals surface area (Å²) in [4.78, 5) is 13.9. The number of alkyl halides is 2. The number of phenols is 1. The minimum Gasteiger partial charge on any atom is -0.507 e. The van der Waals surface area contributed by atoms with Crippen LogP contribution in [-0.4, -0.2) is 40.8 Å². The largest absolute Gasteiger partial charge is 0.507 e. The number of benzene rings is 2. The Morgan fingerprint density at radius 3 is 2.59 bits per heavy atom. The van der Waals surface area contributed by atoms with Crippen molar-refractivity contribution in [1.82, 2.24) is 4.90 Å². The first-order chi connectivity index (χ1) is 10.7. The van der Waals surface area contributed by atoms with Gasteiger partial charge in [0.1, 0.15) is 11.5 Å². The van der Waals surface area contributed by atoms with Crippen molar-refractivity contribution in [2.24, 2.45) is 0 Å². The van der Waals surface area contributed by atoms with E-state index >= 15 is 0 Å². The number of ether oxygens (including phenoxy) is 1. The fourth-order valence-electron chi connectivity index (χ4n) is 2.76. The van der Waals surface area contributed by atoms with Gasteiger partial charge in [-0.2, -0.15) is 0 Å². The van der Waals surface area contributed by atoms with Gasteiger partial charge in [0.05, 0.1) is 5.56 Å². The lowest BCUT2D eigenvalue weighted by atomic mass is 10.0. The maximum absolute atomic E-state index is 11.8. The summed E-state index contributed by atoms with van der Waals surface area (Å²) in [5, 5.41) is 11.8. The van der Waals surface area contributed by atoms with Crippen molar-refractivity contribution in [3.8, 4) is 11.5 Å². The van der Waals surface area contributed by atoms with Crippen LogP contribution in [0, 0.1) is 0 Å². The Labute approximate surface area is 138 Å². The number of nitrogens with zero attached hydrogens (tertiary/aromatic N) is 1. The van der Waals surface area contributed by atoms with Crippen molar-refractivity contribution in [3.05, 3.63) is 35.4 Å². The number of halogens is 2. The number of hydrogen-bond acceptors (Lipinski definition) is 4. The van der Waals surface area contributed by atoms with Crippen molar-refractivity contribution in [2.45, 2.75) is 6.54 Å². The van der Waals surface area contributed by atoms with E-state index in [2.05, 4.69) is 0 Å². The second kappa shape index (κ2) is 6.32. The average molecular weight is 340 g/mol. The van der Waals surface area contributed by atoms with E-state index in [9.17, 15) is 9.90 Å². The molecular weight excluding hydrogens is 325 g/mol. The lowest BCUT2D eigenvalue weighted by Gasteiger charge is -2.21. The highest BCUT2D eigenvalue weighted by molar-refractivity contribution is 6.18. The molecule has 2 aromatic carbocycles. The Morgan fingerprint density at radius 2 is 1.91 bits per heavy atom.